The van der Waals surface area contributed by atoms with Crippen molar-refractivity contribution in [3.63, 3.8) is 0 Å². The number of anilines is 1. The van der Waals surface area contributed by atoms with Gasteiger partial charge in [-0.15, -0.1) is 0 Å². The lowest BCUT2D eigenvalue weighted by atomic mass is 10.0. The summed E-state index contributed by atoms with van der Waals surface area (Å²) in [4.78, 5) is 31.9. The van der Waals surface area contributed by atoms with Crippen LogP contribution in [0.25, 0.3) is 0 Å². The van der Waals surface area contributed by atoms with Crippen molar-refractivity contribution in [2.75, 3.05) is 38.2 Å². The normalized spacial score (nSPS) is 15.7. The van der Waals surface area contributed by atoms with Crippen molar-refractivity contribution in [3.05, 3.63) is 47.9 Å². The third kappa shape index (κ3) is 7.33. The molecule has 2 N–H and O–H groups in total. The van der Waals surface area contributed by atoms with Gasteiger partial charge in [-0.2, -0.15) is 0 Å². The van der Waals surface area contributed by atoms with Crippen molar-refractivity contribution in [3.8, 4) is 0 Å². The second kappa shape index (κ2) is 11.5. The summed E-state index contributed by atoms with van der Waals surface area (Å²) in [7, 11) is 0. The molecule has 1 saturated heterocycles. The Labute approximate surface area is 198 Å². The number of carbonyl (C=O) groups excluding carboxylic acids is 2. The molecule has 2 amide bonds. The van der Waals surface area contributed by atoms with Gasteiger partial charge in [0, 0.05) is 31.9 Å². The van der Waals surface area contributed by atoms with Crippen LogP contribution in [0.3, 0.4) is 0 Å². The molecule has 1 aliphatic heterocycles. The van der Waals surface area contributed by atoms with E-state index in [0.717, 1.165) is 51.0 Å². The first kappa shape index (κ1) is 25.8. The molecule has 1 aromatic carbocycles. The molecule has 0 radical (unpaired) electrons. The minimum atomic E-state index is -0.789. The van der Waals surface area contributed by atoms with Gasteiger partial charge in [0.25, 0.3) is 0 Å². The fourth-order valence-electron chi connectivity index (χ4n) is 4.02. The first-order chi connectivity index (χ1) is 16.2. The van der Waals surface area contributed by atoms with Gasteiger partial charge in [0.15, 0.2) is 5.82 Å². The Bertz CT molecular complexity index is 968. The number of benzene rings is 1. The summed E-state index contributed by atoms with van der Waals surface area (Å²) < 4.78 is 34.2. The molecule has 2 aromatic rings. The van der Waals surface area contributed by atoms with E-state index < -0.39 is 29.5 Å². The lowest BCUT2D eigenvalue weighted by Crippen LogP contribution is -2.45. The number of nitrogens with zero attached hydrogens (tertiary/aromatic N) is 3. The van der Waals surface area contributed by atoms with Crippen molar-refractivity contribution in [2.45, 2.75) is 51.6 Å². The van der Waals surface area contributed by atoms with Crippen LogP contribution in [0.2, 0.25) is 0 Å². The molecule has 0 saturated carbocycles. The molecule has 0 bridgehead atoms. The highest BCUT2D eigenvalue weighted by molar-refractivity contribution is 5.96. The Morgan fingerprint density at radius 2 is 1.85 bits per heavy atom. The number of amides is 2. The van der Waals surface area contributed by atoms with E-state index in [1.54, 1.807) is 12.5 Å². The first-order valence-corrected chi connectivity index (χ1v) is 11.6. The largest absolute Gasteiger partial charge is 0.379 e. The van der Waals surface area contributed by atoms with Gasteiger partial charge in [-0.3, -0.25) is 14.5 Å². The highest BCUT2D eigenvalue weighted by Crippen LogP contribution is 2.20. The average Bonchev–Trinajstić information content (AvgIpc) is 3.22. The fraction of sp³-hybridized carbons (Fsp3) is 0.542. The molecule has 1 aliphatic rings. The zero-order valence-electron chi connectivity index (χ0n) is 19.9. The number of rotatable bonds is 10. The maximum atomic E-state index is 13.4. The molecular weight excluding hydrogens is 444 g/mol. The van der Waals surface area contributed by atoms with Gasteiger partial charge < -0.3 is 19.9 Å². The van der Waals surface area contributed by atoms with Gasteiger partial charge in [-0.1, -0.05) is 13.3 Å². The molecule has 1 unspecified atom stereocenters. The van der Waals surface area contributed by atoms with Gasteiger partial charge in [0.05, 0.1) is 31.5 Å². The van der Waals surface area contributed by atoms with E-state index in [4.69, 9.17) is 4.74 Å². The third-order valence-corrected chi connectivity index (χ3v) is 5.76. The molecule has 1 atom stereocenters. The summed E-state index contributed by atoms with van der Waals surface area (Å²) in [5.74, 6) is -1.99. The number of morpholine rings is 1. The van der Waals surface area contributed by atoms with Crippen molar-refractivity contribution < 1.29 is 23.1 Å². The van der Waals surface area contributed by atoms with Crippen LogP contribution in [-0.4, -0.2) is 65.2 Å². The van der Waals surface area contributed by atoms with Crippen LogP contribution < -0.4 is 10.6 Å². The van der Waals surface area contributed by atoms with Crippen LogP contribution >= 0.6 is 0 Å². The van der Waals surface area contributed by atoms with E-state index in [1.165, 1.54) is 0 Å². The number of hydrogen-bond acceptors (Lipinski definition) is 5. The summed E-state index contributed by atoms with van der Waals surface area (Å²) in [6, 6.07) is 2.16. The molecule has 34 heavy (non-hydrogen) atoms. The van der Waals surface area contributed by atoms with E-state index in [2.05, 4.69) is 34.4 Å². The Morgan fingerprint density at radius 1 is 1.18 bits per heavy atom. The summed E-state index contributed by atoms with van der Waals surface area (Å²) in [5, 5.41) is 5.44. The standard InChI is InChI=1S/C24H33F2N5O3/c1-4-5-20(28-22(32)12-17-10-18(25)13-19(26)11-17)23(33)29-21-14-31(16-27-21)24(2,3)15-30-6-8-34-9-7-30/h10-11,13-14,16,20H,4-9,12,15H2,1-3H3,(H,28,32)(H,29,33). The molecule has 0 spiro atoms. The zero-order chi connectivity index (χ0) is 24.7. The second-order valence-electron chi connectivity index (χ2n) is 9.22. The molecule has 2 heterocycles. The number of nitrogens with one attached hydrogen (secondary N) is 2. The number of aromatic nitrogens is 2. The predicted molar refractivity (Wildman–Crippen MR) is 124 cm³/mol. The number of carbonyl (C=O) groups is 2. The third-order valence-electron chi connectivity index (χ3n) is 5.76. The van der Waals surface area contributed by atoms with E-state index in [-0.39, 0.29) is 17.5 Å². The highest BCUT2D eigenvalue weighted by atomic mass is 19.1. The zero-order valence-corrected chi connectivity index (χ0v) is 19.9. The van der Waals surface area contributed by atoms with Crippen LogP contribution in [0.15, 0.2) is 30.7 Å². The highest BCUT2D eigenvalue weighted by Gasteiger charge is 2.26. The molecule has 186 valence electrons. The molecule has 0 aliphatic carbocycles. The van der Waals surface area contributed by atoms with Crippen LogP contribution in [0.5, 0.6) is 0 Å². The molecule has 3 rings (SSSR count). The Kier molecular flexibility index (Phi) is 8.73. The van der Waals surface area contributed by atoms with Gasteiger partial charge in [0.2, 0.25) is 11.8 Å². The number of ether oxygens (including phenoxy) is 1. The van der Waals surface area contributed by atoms with Crippen molar-refractivity contribution in [2.24, 2.45) is 0 Å². The summed E-state index contributed by atoms with van der Waals surface area (Å²) in [6.07, 6.45) is 4.31. The van der Waals surface area contributed by atoms with Crippen molar-refractivity contribution in [1.29, 1.82) is 0 Å². The summed E-state index contributed by atoms with van der Waals surface area (Å²) in [6.45, 7) is 10.1. The SMILES string of the molecule is CCCC(NC(=O)Cc1cc(F)cc(F)c1)C(=O)Nc1cn(C(C)(C)CN2CCOCC2)cn1. The monoisotopic (exact) mass is 477 g/mol. The fourth-order valence-corrected chi connectivity index (χ4v) is 4.02. The molecule has 10 heteroatoms. The summed E-state index contributed by atoms with van der Waals surface area (Å²) in [5.41, 5.74) is -0.0446. The number of halogens is 2. The van der Waals surface area contributed by atoms with E-state index in [9.17, 15) is 18.4 Å². The van der Waals surface area contributed by atoms with Gasteiger partial charge in [-0.25, -0.2) is 13.8 Å². The van der Waals surface area contributed by atoms with Gasteiger partial charge >= 0.3 is 0 Å². The lowest BCUT2D eigenvalue weighted by molar-refractivity contribution is -0.126. The number of hydrogen-bond donors (Lipinski definition) is 2. The lowest BCUT2D eigenvalue weighted by Gasteiger charge is -2.35. The van der Waals surface area contributed by atoms with Crippen LogP contribution in [-0.2, 0) is 26.3 Å². The van der Waals surface area contributed by atoms with Crippen LogP contribution in [0.4, 0.5) is 14.6 Å². The first-order valence-electron chi connectivity index (χ1n) is 11.6. The van der Waals surface area contributed by atoms with E-state index >= 15 is 0 Å². The topological polar surface area (TPSA) is 88.5 Å². The Morgan fingerprint density at radius 3 is 2.50 bits per heavy atom. The van der Waals surface area contributed by atoms with Crippen LogP contribution in [0.1, 0.15) is 39.2 Å². The van der Waals surface area contributed by atoms with Crippen molar-refractivity contribution in [1.82, 2.24) is 19.8 Å². The quantitative estimate of drug-likeness (QED) is 0.549. The Balaban J connectivity index is 1.59. The smallest absolute Gasteiger partial charge is 0.248 e. The predicted octanol–water partition coefficient (Wildman–Crippen LogP) is 2.69. The van der Waals surface area contributed by atoms with Gasteiger partial charge in [-0.05, 0) is 38.0 Å². The molecular formula is C24H33F2N5O3. The Hall–Kier alpha value is -2.85. The molecule has 1 aromatic heterocycles. The maximum Gasteiger partial charge on any atom is 0.248 e. The van der Waals surface area contributed by atoms with Gasteiger partial charge in [0.1, 0.15) is 17.7 Å². The van der Waals surface area contributed by atoms with E-state index in [1.807, 2.05) is 11.5 Å². The second-order valence-corrected chi connectivity index (χ2v) is 9.22. The minimum absolute atomic E-state index is 0.201. The minimum Gasteiger partial charge on any atom is -0.379 e. The van der Waals surface area contributed by atoms with E-state index in [0.29, 0.717) is 18.7 Å². The van der Waals surface area contributed by atoms with Crippen LogP contribution in [0, 0.1) is 11.6 Å². The van der Waals surface area contributed by atoms with Crippen molar-refractivity contribution >= 4 is 17.6 Å². The maximum absolute atomic E-state index is 13.4. The summed E-state index contributed by atoms with van der Waals surface area (Å²) >= 11 is 0. The molecule has 1 fully saturated rings. The average molecular weight is 478 g/mol. The molecule has 8 nitrogen and oxygen atoms in total. The number of imidazole rings is 1.